The number of halogens is 1. The Hall–Kier alpha value is -1.12. The normalized spacial score (nSPS) is 10.7. The summed E-state index contributed by atoms with van der Waals surface area (Å²) >= 11 is 3.76. The van der Waals surface area contributed by atoms with Gasteiger partial charge in [-0.3, -0.25) is 4.79 Å². The van der Waals surface area contributed by atoms with Gasteiger partial charge in [0.2, 0.25) is 0 Å². The second-order valence-corrected chi connectivity index (χ2v) is 7.58. The molecular weight excluding hydrogens is 399 g/mol. The Morgan fingerprint density at radius 2 is 2.19 bits per heavy atom. The van der Waals surface area contributed by atoms with Crippen LogP contribution < -0.4 is 10.1 Å². The van der Waals surface area contributed by atoms with E-state index >= 15 is 0 Å². The Morgan fingerprint density at radius 1 is 1.38 bits per heavy atom. The molecule has 0 aliphatic rings. The highest BCUT2D eigenvalue weighted by atomic mass is 127. The summed E-state index contributed by atoms with van der Waals surface area (Å²) in [5, 5.41) is 4.74. The lowest BCUT2D eigenvalue weighted by Gasteiger charge is -2.12. The number of thiophene rings is 1. The quantitative estimate of drug-likeness (QED) is 0.733. The van der Waals surface area contributed by atoms with Crippen LogP contribution in [0.2, 0.25) is 0 Å². The van der Waals surface area contributed by atoms with Crippen LogP contribution in [0.25, 0.3) is 0 Å². The lowest BCUT2D eigenvalue weighted by atomic mass is 10.2. The number of likely N-dealkylation sites (N-methyl/N-ethyl adjacent to an activating group) is 1. The Bertz CT molecular complexity index is 613. The summed E-state index contributed by atoms with van der Waals surface area (Å²) in [6.07, 6.45) is 0. The molecule has 0 radical (unpaired) electrons. The first-order chi connectivity index (χ1) is 10.0. The first-order valence-electron chi connectivity index (χ1n) is 6.47. The van der Waals surface area contributed by atoms with E-state index in [1.807, 2.05) is 49.8 Å². The van der Waals surface area contributed by atoms with Crippen LogP contribution >= 0.6 is 33.9 Å². The van der Waals surface area contributed by atoms with Crippen molar-refractivity contribution in [2.75, 3.05) is 32.6 Å². The Kier molecular flexibility index (Phi) is 6.01. The van der Waals surface area contributed by atoms with E-state index in [-0.39, 0.29) is 5.91 Å². The number of hydrogen-bond acceptors (Lipinski definition) is 4. The highest BCUT2D eigenvalue weighted by Gasteiger charge is 2.08. The number of anilines is 1. The maximum absolute atomic E-state index is 12.1. The largest absolute Gasteiger partial charge is 0.492 e. The average molecular weight is 416 g/mol. The fraction of sp³-hybridized carbons (Fsp3) is 0.267. The molecule has 6 heteroatoms. The topological polar surface area (TPSA) is 41.6 Å². The van der Waals surface area contributed by atoms with Gasteiger partial charge in [0.25, 0.3) is 5.91 Å². The maximum atomic E-state index is 12.1. The second kappa shape index (κ2) is 7.77. The molecule has 1 amide bonds. The predicted octanol–water partition coefficient (Wildman–Crippen LogP) is 3.55. The lowest BCUT2D eigenvalue weighted by molar-refractivity contribution is 0.102. The number of nitrogens with zero attached hydrogens (tertiary/aromatic N) is 1. The van der Waals surface area contributed by atoms with Gasteiger partial charge in [0.1, 0.15) is 12.4 Å². The molecule has 0 atom stereocenters. The Labute approximate surface area is 142 Å². The van der Waals surface area contributed by atoms with Crippen molar-refractivity contribution in [3.05, 3.63) is 44.2 Å². The molecule has 1 heterocycles. The van der Waals surface area contributed by atoms with E-state index < -0.39 is 0 Å². The molecule has 2 rings (SSSR count). The first kappa shape index (κ1) is 16.3. The van der Waals surface area contributed by atoms with Gasteiger partial charge < -0.3 is 15.0 Å². The van der Waals surface area contributed by atoms with Gasteiger partial charge in [0.15, 0.2) is 0 Å². The smallest absolute Gasteiger partial charge is 0.256 e. The van der Waals surface area contributed by atoms with Crippen molar-refractivity contribution in [2.24, 2.45) is 0 Å². The van der Waals surface area contributed by atoms with Crippen molar-refractivity contribution in [1.82, 2.24) is 4.90 Å². The highest BCUT2D eigenvalue weighted by Crippen LogP contribution is 2.20. The molecular formula is C15H17IN2O2S. The van der Waals surface area contributed by atoms with Gasteiger partial charge in [-0.15, -0.1) is 11.3 Å². The number of ether oxygens (including phenoxy) is 1. The van der Waals surface area contributed by atoms with Crippen molar-refractivity contribution >= 4 is 45.5 Å². The Balaban J connectivity index is 1.96. The molecule has 1 aromatic carbocycles. The SMILES string of the molecule is CN(C)CCOc1cccc(NC(=O)c2csc(I)c2)c1. The van der Waals surface area contributed by atoms with Crippen molar-refractivity contribution in [2.45, 2.75) is 0 Å². The number of carbonyl (C=O) groups excluding carboxylic acids is 1. The summed E-state index contributed by atoms with van der Waals surface area (Å²) in [4.78, 5) is 14.1. The van der Waals surface area contributed by atoms with Gasteiger partial charge >= 0.3 is 0 Å². The number of carbonyl (C=O) groups is 1. The molecule has 0 saturated heterocycles. The molecule has 0 aliphatic carbocycles. The van der Waals surface area contributed by atoms with Crippen LogP contribution in [-0.2, 0) is 0 Å². The Morgan fingerprint density at radius 3 is 2.86 bits per heavy atom. The molecule has 1 aromatic heterocycles. The zero-order valence-electron chi connectivity index (χ0n) is 11.9. The number of benzene rings is 1. The van der Waals surface area contributed by atoms with E-state index in [1.54, 1.807) is 11.3 Å². The van der Waals surface area contributed by atoms with Crippen LogP contribution in [0.15, 0.2) is 35.7 Å². The average Bonchev–Trinajstić information content (AvgIpc) is 2.85. The zero-order chi connectivity index (χ0) is 15.2. The molecule has 0 spiro atoms. The number of hydrogen-bond donors (Lipinski definition) is 1. The van der Waals surface area contributed by atoms with Crippen LogP contribution in [0.5, 0.6) is 5.75 Å². The number of rotatable bonds is 6. The van der Waals surface area contributed by atoms with E-state index in [2.05, 4.69) is 32.8 Å². The van der Waals surface area contributed by atoms with Crippen LogP contribution in [0, 0.1) is 2.88 Å². The predicted molar refractivity (Wildman–Crippen MR) is 95.5 cm³/mol. The second-order valence-electron chi connectivity index (χ2n) is 4.77. The monoisotopic (exact) mass is 416 g/mol. The third kappa shape index (κ3) is 5.29. The molecule has 1 N–H and O–H groups in total. The summed E-state index contributed by atoms with van der Waals surface area (Å²) in [7, 11) is 4.00. The van der Waals surface area contributed by atoms with Crippen LogP contribution in [-0.4, -0.2) is 38.1 Å². The molecule has 0 unspecified atom stereocenters. The van der Waals surface area contributed by atoms with Crippen LogP contribution in [0.3, 0.4) is 0 Å². The molecule has 2 aromatic rings. The standard InChI is InChI=1S/C15H17IN2O2S/c1-18(2)6-7-20-13-5-3-4-12(9-13)17-15(19)11-8-14(16)21-10-11/h3-5,8-10H,6-7H2,1-2H3,(H,17,19). The molecule has 4 nitrogen and oxygen atoms in total. The fourth-order valence-corrected chi connectivity index (χ4v) is 2.97. The first-order valence-corrected chi connectivity index (χ1v) is 8.43. The summed E-state index contributed by atoms with van der Waals surface area (Å²) in [5.74, 6) is 0.661. The van der Waals surface area contributed by atoms with Crippen LogP contribution in [0.1, 0.15) is 10.4 Å². The van der Waals surface area contributed by atoms with Gasteiger partial charge in [-0.25, -0.2) is 0 Å². The van der Waals surface area contributed by atoms with E-state index in [0.717, 1.165) is 20.9 Å². The molecule has 112 valence electrons. The van der Waals surface area contributed by atoms with Gasteiger partial charge in [0.05, 0.1) is 8.45 Å². The zero-order valence-corrected chi connectivity index (χ0v) is 14.9. The minimum atomic E-state index is -0.0976. The minimum Gasteiger partial charge on any atom is -0.492 e. The lowest BCUT2D eigenvalue weighted by Crippen LogP contribution is -2.19. The molecule has 21 heavy (non-hydrogen) atoms. The highest BCUT2D eigenvalue weighted by molar-refractivity contribution is 14.1. The third-order valence-corrected chi connectivity index (χ3v) is 4.52. The van der Waals surface area contributed by atoms with Crippen molar-refractivity contribution in [1.29, 1.82) is 0 Å². The summed E-state index contributed by atoms with van der Waals surface area (Å²) in [5.41, 5.74) is 1.42. The van der Waals surface area contributed by atoms with Gasteiger partial charge in [-0.1, -0.05) is 6.07 Å². The third-order valence-electron chi connectivity index (χ3n) is 2.73. The van der Waals surface area contributed by atoms with Gasteiger partial charge in [-0.2, -0.15) is 0 Å². The number of amides is 1. The fourth-order valence-electron chi connectivity index (χ4n) is 1.64. The van der Waals surface area contributed by atoms with E-state index in [1.165, 1.54) is 0 Å². The van der Waals surface area contributed by atoms with E-state index in [9.17, 15) is 4.79 Å². The maximum Gasteiger partial charge on any atom is 0.256 e. The molecule has 0 saturated carbocycles. The van der Waals surface area contributed by atoms with Crippen molar-refractivity contribution in [3.8, 4) is 5.75 Å². The molecule has 0 aliphatic heterocycles. The molecule has 0 fully saturated rings. The summed E-state index contributed by atoms with van der Waals surface area (Å²) < 4.78 is 6.75. The van der Waals surface area contributed by atoms with Crippen LogP contribution in [0.4, 0.5) is 5.69 Å². The summed E-state index contributed by atoms with van der Waals surface area (Å²) in [6.45, 7) is 1.47. The minimum absolute atomic E-state index is 0.0976. The van der Waals surface area contributed by atoms with Gasteiger partial charge in [0, 0.05) is 23.7 Å². The van der Waals surface area contributed by atoms with E-state index in [0.29, 0.717) is 12.2 Å². The van der Waals surface area contributed by atoms with Gasteiger partial charge in [-0.05, 0) is 54.9 Å². The number of nitrogens with one attached hydrogen (secondary N) is 1. The van der Waals surface area contributed by atoms with Crippen molar-refractivity contribution in [3.63, 3.8) is 0 Å². The summed E-state index contributed by atoms with van der Waals surface area (Å²) in [6, 6.07) is 9.33. The van der Waals surface area contributed by atoms with Crippen molar-refractivity contribution < 1.29 is 9.53 Å². The molecule has 0 bridgehead atoms. The van der Waals surface area contributed by atoms with E-state index in [4.69, 9.17) is 4.74 Å².